The molecule has 1 aromatic carbocycles. The summed E-state index contributed by atoms with van der Waals surface area (Å²) in [5, 5.41) is 0. The van der Waals surface area contributed by atoms with Crippen molar-refractivity contribution in [2.75, 3.05) is 17.2 Å². The van der Waals surface area contributed by atoms with Crippen LogP contribution >= 0.6 is 0 Å². The Kier molecular flexibility index (Phi) is 4.86. The van der Waals surface area contributed by atoms with Gasteiger partial charge in [0.05, 0.1) is 12.0 Å². The molecule has 2 heterocycles. The van der Waals surface area contributed by atoms with E-state index in [4.69, 9.17) is 16.2 Å². The Bertz CT molecular complexity index is 938. The lowest BCUT2D eigenvalue weighted by atomic mass is 9.69. The molecule has 2 aromatic rings. The van der Waals surface area contributed by atoms with Gasteiger partial charge in [-0.1, -0.05) is 31.4 Å². The minimum Gasteiger partial charge on any atom is -0.472 e. The maximum Gasteiger partial charge on any atom is 0.267 e. The summed E-state index contributed by atoms with van der Waals surface area (Å²) in [6, 6.07) is 7.51. The van der Waals surface area contributed by atoms with Crippen LogP contribution in [0.4, 0.5) is 11.5 Å². The highest BCUT2D eigenvalue weighted by Gasteiger charge is 2.39. The lowest BCUT2D eigenvalue weighted by Crippen LogP contribution is -2.42. The second-order valence-corrected chi connectivity index (χ2v) is 7.84. The Morgan fingerprint density at radius 1 is 1.17 bits per heavy atom. The number of nitrogens with two attached hydrogens (primary N) is 2. The Morgan fingerprint density at radius 3 is 2.52 bits per heavy atom. The number of ether oxygens (including phenoxy) is 1. The van der Waals surface area contributed by atoms with Crippen LogP contribution in [-0.2, 0) is 10.2 Å². The SMILES string of the molecule is C[C@@H]1CN(c2ccc(C3(C(N)=O)CCCCC3)cc2)C(=O)c2c(N)ncnc2O1. The van der Waals surface area contributed by atoms with Crippen molar-refractivity contribution in [1.29, 1.82) is 0 Å². The Hall–Kier alpha value is -3.16. The normalized spacial score (nSPS) is 21.1. The molecule has 8 nitrogen and oxygen atoms in total. The lowest BCUT2D eigenvalue weighted by Gasteiger charge is -2.35. The largest absolute Gasteiger partial charge is 0.472 e. The smallest absolute Gasteiger partial charge is 0.267 e. The van der Waals surface area contributed by atoms with Gasteiger partial charge in [0, 0.05) is 5.69 Å². The number of fused-ring (bicyclic) bond motifs is 1. The number of nitrogen functional groups attached to an aromatic ring is 1. The molecule has 0 spiro atoms. The van der Waals surface area contributed by atoms with E-state index in [0.717, 1.165) is 37.7 Å². The van der Waals surface area contributed by atoms with Crippen molar-refractivity contribution in [3.63, 3.8) is 0 Å². The molecule has 4 rings (SSSR count). The van der Waals surface area contributed by atoms with E-state index in [9.17, 15) is 9.59 Å². The number of anilines is 2. The molecule has 4 N–H and O–H groups in total. The molecule has 1 aromatic heterocycles. The van der Waals surface area contributed by atoms with Gasteiger partial charge in [-0.25, -0.2) is 9.97 Å². The number of amides is 2. The number of nitrogens with zero attached hydrogens (tertiary/aromatic N) is 3. The zero-order chi connectivity index (χ0) is 20.6. The van der Waals surface area contributed by atoms with Crippen molar-refractivity contribution >= 4 is 23.3 Å². The van der Waals surface area contributed by atoms with Gasteiger partial charge in [0.25, 0.3) is 5.91 Å². The molecule has 0 radical (unpaired) electrons. The minimum atomic E-state index is -0.624. The van der Waals surface area contributed by atoms with Crippen molar-refractivity contribution in [1.82, 2.24) is 9.97 Å². The number of hydrogen-bond donors (Lipinski definition) is 2. The molecule has 0 saturated heterocycles. The van der Waals surface area contributed by atoms with Gasteiger partial charge in [-0.05, 0) is 37.5 Å². The van der Waals surface area contributed by atoms with E-state index in [1.54, 1.807) is 4.90 Å². The van der Waals surface area contributed by atoms with Crippen molar-refractivity contribution < 1.29 is 14.3 Å². The van der Waals surface area contributed by atoms with Gasteiger partial charge in [0.15, 0.2) is 0 Å². The first kappa shape index (κ1) is 19.2. The molecular weight excluding hydrogens is 370 g/mol. The predicted octanol–water partition coefficient (Wildman–Crippen LogP) is 2.17. The Morgan fingerprint density at radius 2 is 1.86 bits per heavy atom. The van der Waals surface area contributed by atoms with Gasteiger partial charge in [0.1, 0.15) is 23.8 Å². The van der Waals surface area contributed by atoms with E-state index in [-0.39, 0.29) is 35.2 Å². The summed E-state index contributed by atoms with van der Waals surface area (Å²) < 4.78 is 5.77. The fraction of sp³-hybridized carbons (Fsp3) is 0.429. The fourth-order valence-electron chi connectivity index (χ4n) is 4.39. The Balaban J connectivity index is 1.69. The van der Waals surface area contributed by atoms with Crippen LogP contribution in [0.25, 0.3) is 0 Å². The summed E-state index contributed by atoms with van der Waals surface area (Å²) in [7, 11) is 0. The number of benzene rings is 1. The number of carbonyl (C=O) groups is 2. The summed E-state index contributed by atoms with van der Waals surface area (Å²) in [6.07, 6.45) is 5.62. The van der Waals surface area contributed by atoms with E-state index in [2.05, 4.69) is 9.97 Å². The number of hydrogen-bond acceptors (Lipinski definition) is 6. The zero-order valence-electron chi connectivity index (χ0n) is 16.4. The molecule has 0 unspecified atom stereocenters. The van der Waals surface area contributed by atoms with E-state index in [1.807, 2.05) is 31.2 Å². The van der Waals surface area contributed by atoms with Crippen LogP contribution in [0.15, 0.2) is 30.6 Å². The van der Waals surface area contributed by atoms with E-state index < -0.39 is 5.41 Å². The first-order chi connectivity index (χ1) is 13.9. The first-order valence-corrected chi connectivity index (χ1v) is 9.92. The second-order valence-electron chi connectivity index (χ2n) is 7.84. The fourth-order valence-corrected chi connectivity index (χ4v) is 4.39. The third-order valence-electron chi connectivity index (χ3n) is 5.96. The standard InChI is InChI=1S/C21H25N5O3/c1-13-11-26(19(27)16-17(22)24-12-25-18(16)29-13)15-7-5-14(6-8-15)21(20(23)28)9-3-2-4-10-21/h5-8,12-13H,2-4,9-11H2,1H3,(H2,23,28)(H2,22,24,25)/t13-/m1/s1. The van der Waals surface area contributed by atoms with Crippen molar-refractivity contribution in [3.05, 3.63) is 41.7 Å². The van der Waals surface area contributed by atoms with Crippen LogP contribution in [0.5, 0.6) is 5.88 Å². The molecule has 1 fully saturated rings. The molecule has 2 aliphatic rings. The summed E-state index contributed by atoms with van der Waals surface area (Å²) >= 11 is 0. The molecule has 29 heavy (non-hydrogen) atoms. The van der Waals surface area contributed by atoms with Gasteiger partial charge in [-0.2, -0.15) is 0 Å². The summed E-state index contributed by atoms with van der Waals surface area (Å²) in [4.78, 5) is 35.1. The maximum absolute atomic E-state index is 13.2. The van der Waals surface area contributed by atoms with Crippen LogP contribution in [-0.4, -0.2) is 34.4 Å². The van der Waals surface area contributed by atoms with Gasteiger partial charge in [-0.3, -0.25) is 9.59 Å². The molecule has 1 aliphatic heterocycles. The highest BCUT2D eigenvalue weighted by Crippen LogP contribution is 2.40. The highest BCUT2D eigenvalue weighted by atomic mass is 16.5. The number of rotatable bonds is 3. The molecule has 1 saturated carbocycles. The molecule has 1 aliphatic carbocycles. The summed E-state index contributed by atoms with van der Waals surface area (Å²) in [5.74, 6) is -0.302. The predicted molar refractivity (Wildman–Crippen MR) is 109 cm³/mol. The topological polar surface area (TPSA) is 124 Å². The van der Waals surface area contributed by atoms with Crippen molar-refractivity contribution in [3.8, 4) is 5.88 Å². The third-order valence-corrected chi connectivity index (χ3v) is 5.96. The van der Waals surface area contributed by atoms with Gasteiger partial charge in [0.2, 0.25) is 11.8 Å². The average molecular weight is 395 g/mol. The molecule has 1 atom stereocenters. The van der Waals surface area contributed by atoms with Crippen molar-refractivity contribution in [2.24, 2.45) is 5.73 Å². The molecular formula is C21H25N5O3. The average Bonchev–Trinajstić information content (AvgIpc) is 2.85. The number of aromatic nitrogens is 2. The highest BCUT2D eigenvalue weighted by molar-refractivity contribution is 6.10. The van der Waals surface area contributed by atoms with Crippen LogP contribution in [0.3, 0.4) is 0 Å². The van der Waals surface area contributed by atoms with Gasteiger partial charge in [-0.15, -0.1) is 0 Å². The summed E-state index contributed by atoms with van der Waals surface area (Å²) in [6.45, 7) is 2.21. The van der Waals surface area contributed by atoms with E-state index in [0.29, 0.717) is 12.2 Å². The van der Waals surface area contributed by atoms with Crippen LogP contribution in [0, 0.1) is 0 Å². The van der Waals surface area contributed by atoms with Crippen LogP contribution in [0.1, 0.15) is 54.9 Å². The monoisotopic (exact) mass is 395 g/mol. The summed E-state index contributed by atoms with van der Waals surface area (Å²) in [5.41, 5.74) is 12.9. The molecule has 152 valence electrons. The van der Waals surface area contributed by atoms with Crippen LogP contribution < -0.4 is 21.1 Å². The quantitative estimate of drug-likeness (QED) is 0.821. The Labute approximate surface area is 169 Å². The maximum atomic E-state index is 13.2. The second kappa shape index (κ2) is 7.35. The number of carbonyl (C=O) groups excluding carboxylic acids is 2. The van der Waals surface area contributed by atoms with Gasteiger partial charge >= 0.3 is 0 Å². The lowest BCUT2D eigenvalue weighted by molar-refractivity contribution is -0.124. The molecule has 0 bridgehead atoms. The first-order valence-electron chi connectivity index (χ1n) is 9.92. The van der Waals surface area contributed by atoms with Crippen LogP contribution in [0.2, 0.25) is 0 Å². The van der Waals surface area contributed by atoms with Crippen molar-refractivity contribution in [2.45, 2.75) is 50.5 Å². The van der Waals surface area contributed by atoms with Gasteiger partial charge < -0.3 is 21.1 Å². The minimum absolute atomic E-state index is 0.0885. The third kappa shape index (κ3) is 3.28. The number of primary amides is 1. The van der Waals surface area contributed by atoms with E-state index >= 15 is 0 Å². The molecule has 2 amide bonds. The molecule has 8 heteroatoms. The zero-order valence-corrected chi connectivity index (χ0v) is 16.4. The van der Waals surface area contributed by atoms with E-state index in [1.165, 1.54) is 6.33 Å².